The van der Waals surface area contributed by atoms with E-state index < -0.39 is 0 Å². The van der Waals surface area contributed by atoms with Crippen molar-refractivity contribution in [1.29, 1.82) is 0 Å². The molecule has 0 saturated carbocycles. The van der Waals surface area contributed by atoms with Gasteiger partial charge in [-0.25, -0.2) is 0 Å². The molecule has 3 rings (SSSR count). The van der Waals surface area contributed by atoms with E-state index in [0.717, 1.165) is 12.3 Å². The van der Waals surface area contributed by atoms with Crippen LogP contribution in [0.3, 0.4) is 0 Å². The molecule has 1 heterocycles. The van der Waals surface area contributed by atoms with Crippen LogP contribution in [0, 0.1) is 0 Å². The van der Waals surface area contributed by atoms with Gasteiger partial charge in [-0.15, -0.1) is 0 Å². The average molecular weight is 285 g/mol. The van der Waals surface area contributed by atoms with E-state index in [4.69, 9.17) is 0 Å². The van der Waals surface area contributed by atoms with Gasteiger partial charge in [0.15, 0.2) is 0 Å². The second-order valence-corrected chi connectivity index (χ2v) is 6.75. The standard InChI is InChI=1S/C16H15NS2/c1-3-7-13(8-4-1)15(14-9-5-2-6-10-14)19-16-17-11-12-18-16/h1-10,15H,11-12H2. The molecule has 0 saturated heterocycles. The van der Waals surface area contributed by atoms with Crippen molar-refractivity contribution < 1.29 is 0 Å². The predicted molar refractivity (Wildman–Crippen MR) is 87.1 cm³/mol. The third-order valence-corrected chi connectivity index (χ3v) is 5.50. The Hall–Kier alpha value is -1.19. The molecule has 0 N–H and O–H groups in total. The molecule has 1 aliphatic rings. The maximum Gasteiger partial charge on any atom is 0.125 e. The number of benzene rings is 2. The molecule has 0 fully saturated rings. The van der Waals surface area contributed by atoms with Crippen LogP contribution in [0.4, 0.5) is 0 Å². The minimum absolute atomic E-state index is 0.340. The molecule has 1 aliphatic heterocycles. The zero-order valence-electron chi connectivity index (χ0n) is 10.5. The first-order chi connectivity index (χ1) is 9.43. The highest BCUT2D eigenvalue weighted by atomic mass is 32.2. The summed E-state index contributed by atoms with van der Waals surface area (Å²) in [6.07, 6.45) is 0. The van der Waals surface area contributed by atoms with Gasteiger partial charge in [-0.3, -0.25) is 4.99 Å². The van der Waals surface area contributed by atoms with Crippen molar-refractivity contribution in [2.24, 2.45) is 4.99 Å². The molecule has 96 valence electrons. The van der Waals surface area contributed by atoms with E-state index >= 15 is 0 Å². The molecular weight excluding hydrogens is 270 g/mol. The van der Waals surface area contributed by atoms with Crippen LogP contribution < -0.4 is 0 Å². The van der Waals surface area contributed by atoms with Crippen LogP contribution in [0.5, 0.6) is 0 Å². The van der Waals surface area contributed by atoms with Gasteiger partial charge in [0.05, 0.1) is 11.8 Å². The highest BCUT2D eigenvalue weighted by Crippen LogP contribution is 2.39. The summed E-state index contributed by atoms with van der Waals surface area (Å²) in [5.74, 6) is 1.12. The van der Waals surface area contributed by atoms with Crippen LogP contribution in [-0.2, 0) is 0 Å². The zero-order valence-corrected chi connectivity index (χ0v) is 12.2. The van der Waals surface area contributed by atoms with Crippen LogP contribution >= 0.6 is 23.5 Å². The van der Waals surface area contributed by atoms with E-state index in [1.165, 1.54) is 15.5 Å². The molecule has 2 aromatic rings. The number of thioether (sulfide) groups is 2. The maximum absolute atomic E-state index is 4.57. The van der Waals surface area contributed by atoms with E-state index in [2.05, 4.69) is 65.7 Å². The molecule has 19 heavy (non-hydrogen) atoms. The second-order valence-electron chi connectivity index (χ2n) is 4.32. The largest absolute Gasteiger partial charge is 0.271 e. The topological polar surface area (TPSA) is 12.4 Å². The van der Waals surface area contributed by atoms with E-state index in [1.54, 1.807) is 0 Å². The van der Waals surface area contributed by atoms with Crippen LogP contribution in [0.15, 0.2) is 65.7 Å². The summed E-state index contributed by atoms with van der Waals surface area (Å²) in [5.41, 5.74) is 2.68. The van der Waals surface area contributed by atoms with Gasteiger partial charge in [-0.1, -0.05) is 84.2 Å². The van der Waals surface area contributed by atoms with Crippen LogP contribution in [0.25, 0.3) is 0 Å². The van der Waals surface area contributed by atoms with Crippen molar-refractivity contribution in [1.82, 2.24) is 0 Å². The smallest absolute Gasteiger partial charge is 0.125 e. The number of rotatable bonds is 3. The first-order valence-corrected chi connectivity index (χ1v) is 8.24. The molecule has 0 spiro atoms. The Balaban J connectivity index is 1.91. The molecule has 0 aliphatic carbocycles. The van der Waals surface area contributed by atoms with Gasteiger partial charge in [0, 0.05) is 5.75 Å². The Morgan fingerprint density at radius 3 is 1.95 bits per heavy atom. The molecule has 0 atom stereocenters. The molecule has 0 aromatic heterocycles. The second kappa shape index (κ2) is 6.31. The van der Waals surface area contributed by atoms with Crippen molar-refractivity contribution in [3.05, 3.63) is 71.8 Å². The molecule has 0 radical (unpaired) electrons. The summed E-state index contributed by atoms with van der Waals surface area (Å²) in [5, 5.41) is 0.340. The quantitative estimate of drug-likeness (QED) is 0.816. The van der Waals surface area contributed by atoms with Gasteiger partial charge in [-0.2, -0.15) is 0 Å². The first kappa shape index (κ1) is 12.8. The number of hydrogen-bond donors (Lipinski definition) is 0. The fourth-order valence-electron chi connectivity index (χ4n) is 2.07. The lowest BCUT2D eigenvalue weighted by Crippen LogP contribution is -1.99. The van der Waals surface area contributed by atoms with Crippen molar-refractivity contribution in [3.8, 4) is 0 Å². The first-order valence-electron chi connectivity index (χ1n) is 6.37. The minimum Gasteiger partial charge on any atom is -0.271 e. The summed E-state index contributed by atoms with van der Waals surface area (Å²) in [6.45, 7) is 0.962. The Kier molecular flexibility index (Phi) is 4.26. The molecule has 0 bridgehead atoms. The lowest BCUT2D eigenvalue weighted by Gasteiger charge is -2.17. The Bertz CT molecular complexity index is 512. The molecule has 0 unspecified atom stereocenters. The van der Waals surface area contributed by atoms with Gasteiger partial charge in [-0.05, 0) is 11.1 Å². The normalized spacial score (nSPS) is 14.7. The van der Waals surface area contributed by atoms with Crippen LogP contribution in [-0.4, -0.2) is 16.7 Å². The fraction of sp³-hybridized carbons (Fsp3) is 0.188. The van der Waals surface area contributed by atoms with E-state index in [0.29, 0.717) is 5.25 Å². The van der Waals surface area contributed by atoms with Crippen LogP contribution in [0.1, 0.15) is 16.4 Å². The summed E-state index contributed by atoms with van der Waals surface area (Å²) >= 11 is 3.74. The minimum atomic E-state index is 0.340. The Labute approximate surface area is 122 Å². The predicted octanol–water partition coefficient (Wildman–Crippen LogP) is 4.61. The number of hydrogen-bond acceptors (Lipinski definition) is 3. The van der Waals surface area contributed by atoms with Crippen molar-refractivity contribution in [2.45, 2.75) is 5.25 Å². The highest BCUT2D eigenvalue weighted by Gasteiger charge is 2.19. The van der Waals surface area contributed by atoms with Gasteiger partial charge >= 0.3 is 0 Å². The number of aliphatic imine (C=N–C) groups is 1. The lowest BCUT2D eigenvalue weighted by atomic mass is 10.0. The Morgan fingerprint density at radius 2 is 1.47 bits per heavy atom. The number of nitrogens with zero attached hydrogens (tertiary/aromatic N) is 1. The molecule has 1 nitrogen and oxygen atoms in total. The van der Waals surface area contributed by atoms with Crippen molar-refractivity contribution in [2.75, 3.05) is 12.3 Å². The third-order valence-electron chi connectivity index (χ3n) is 2.98. The molecule has 2 aromatic carbocycles. The van der Waals surface area contributed by atoms with E-state index in [1.807, 2.05) is 23.5 Å². The Morgan fingerprint density at radius 1 is 0.895 bits per heavy atom. The summed E-state index contributed by atoms with van der Waals surface area (Å²) in [7, 11) is 0. The van der Waals surface area contributed by atoms with Crippen molar-refractivity contribution in [3.63, 3.8) is 0 Å². The lowest BCUT2D eigenvalue weighted by molar-refractivity contribution is 1.16. The average Bonchev–Trinajstić information content (AvgIpc) is 3.00. The molecule has 3 heteroatoms. The van der Waals surface area contributed by atoms with Gasteiger partial charge in [0.25, 0.3) is 0 Å². The van der Waals surface area contributed by atoms with Gasteiger partial charge in [0.2, 0.25) is 0 Å². The summed E-state index contributed by atoms with van der Waals surface area (Å²) in [6, 6.07) is 21.4. The van der Waals surface area contributed by atoms with Crippen molar-refractivity contribution >= 4 is 27.9 Å². The van der Waals surface area contributed by atoms with E-state index in [9.17, 15) is 0 Å². The third kappa shape index (κ3) is 3.23. The molecular formula is C16H15NS2. The maximum atomic E-state index is 4.57. The fourth-order valence-corrected chi connectivity index (χ4v) is 4.38. The van der Waals surface area contributed by atoms with Crippen LogP contribution in [0.2, 0.25) is 0 Å². The SMILES string of the molecule is c1ccc(C(SC2=NCCS2)c2ccccc2)cc1. The van der Waals surface area contributed by atoms with Gasteiger partial charge < -0.3 is 0 Å². The monoisotopic (exact) mass is 285 g/mol. The zero-order chi connectivity index (χ0) is 12.9. The van der Waals surface area contributed by atoms with Gasteiger partial charge in [0.1, 0.15) is 4.38 Å². The summed E-state index contributed by atoms with van der Waals surface area (Å²) < 4.78 is 1.22. The van der Waals surface area contributed by atoms with E-state index in [-0.39, 0.29) is 0 Å². The molecule has 0 amide bonds. The summed E-state index contributed by atoms with van der Waals surface area (Å²) in [4.78, 5) is 4.57. The highest BCUT2D eigenvalue weighted by molar-refractivity contribution is 8.39.